The van der Waals surface area contributed by atoms with Crippen LogP contribution in [0.4, 0.5) is 5.69 Å². The van der Waals surface area contributed by atoms with Crippen molar-refractivity contribution in [2.24, 2.45) is 10.4 Å². The summed E-state index contributed by atoms with van der Waals surface area (Å²) in [6, 6.07) is 5.02. The lowest BCUT2D eigenvalue weighted by Crippen LogP contribution is -2.38. The van der Waals surface area contributed by atoms with Crippen LogP contribution in [-0.4, -0.2) is 56.5 Å². The Labute approximate surface area is 164 Å². The van der Waals surface area contributed by atoms with Gasteiger partial charge in [-0.15, -0.1) is 0 Å². The van der Waals surface area contributed by atoms with Crippen LogP contribution in [0.25, 0.3) is 0 Å². The molecular weight excluding hydrogens is 388 g/mol. The highest BCUT2D eigenvalue weighted by Crippen LogP contribution is 2.45. The van der Waals surface area contributed by atoms with Gasteiger partial charge in [0.1, 0.15) is 11.5 Å². The second-order valence-electron chi connectivity index (χ2n) is 7.66. The highest BCUT2D eigenvalue weighted by Gasteiger charge is 2.50. The lowest BCUT2D eigenvalue weighted by Gasteiger charge is -2.27. The van der Waals surface area contributed by atoms with Gasteiger partial charge in [0.2, 0.25) is 0 Å². The summed E-state index contributed by atoms with van der Waals surface area (Å²) >= 11 is 1.34. The van der Waals surface area contributed by atoms with Crippen LogP contribution in [-0.2, 0) is 14.6 Å². The molecule has 2 atom stereocenters. The number of hydrogen-bond donors (Lipinski definition) is 0. The Bertz CT molecular complexity index is 890. The Morgan fingerprint density at radius 2 is 1.93 bits per heavy atom. The second-order valence-corrected chi connectivity index (χ2v) is 11.0. The van der Waals surface area contributed by atoms with Crippen molar-refractivity contribution in [2.45, 2.75) is 32.1 Å². The number of thioether (sulfide) groups is 1. The van der Waals surface area contributed by atoms with Gasteiger partial charge in [0.25, 0.3) is 5.91 Å². The third kappa shape index (κ3) is 3.94. The van der Waals surface area contributed by atoms with Gasteiger partial charge in [-0.2, -0.15) is 4.99 Å². The van der Waals surface area contributed by atoms with Crippen molar-refractivity contribution in [3.63, 3.8) is 0 Å². The Morgan fingerprint density at radius 3 is 2.52 bits per heavy atom. The zero-order valence-corrected chi connectivity index (χ0v) is 17.7. The maximum atomic E-state index is 12.5. The maximum Gasteiger partial charge on any atom is 0.253 e. The van der Waals surface area contributed by atoms with Crippen molar-refractivity contribution in [2.75, 3.05) is 30.6 Å². The number of methoxy groups -OCH3 is 2. The van der Waals surface area contributed by atoms with Crippen molar-refractivity contribution in [1.82, 2.24) is 0 Å². The predicted octanol–water partition coefficient (Wildman–Crippen LogP) is 2.35. The fourth-order valence-corrected chi connectivity index (χ4v) is 6.99. The summed E-state index contributed by atoms with van der Waals surface area (Å²) < 4.78 is 35.2. The van der Waals surface area contributed by atoms with Gasteiger partial charge < -0.3 is 14.4 Å². The number of amidine groups is 1. The minimum absolute atomic E-state index is 0.0216. The van der Waals surface area contributed by atoms with Crippen LogP contribution in [0.5, 0.6) is 11.5 Å². The van der Waals surface area contributed by atoms with E-state index in [1.807, 2.05) is 4.90 Å². The molecule has 148 valence electrons. The maximum absolute atomic E-state index is 12.5. The summed E-state index contributed by atoms with van der Waals surface area (Å²) in [5.74, 6) is 1.03. The van der Waals surface area contributed by atoms with Crippen LogP contribution in [0.15, 0.2) is 23.2 Å². The first-order valence-electron chi connectivity index (χ1n) is 8.57. The lowest BCUT2D eigenvalue weighted by molar-refractivity contribution is -0.124. The molecule has 3 rings (SSSR count). The third-order valence-electron chi connectivity index (χ3n) is 4.55. The van der Waals surface area contributed by atoms with E-state index in [9.17, 15) is 13.2 Å². The van der Waals surface area contributed by atoms with Gasteiger partial charge >= 0.3 is 0 Å². The van der Waals surface area contributed by atoms with E-state index < -0.39 is 15.3 Å². The molecule has 1 aromatic carbocycles. The number of amides is 1. The average molecular weight is 413 g/mol. The molecule has 7 nitrogen and oxygen atoms in total. The number of benzene rings is 1. The van der Waals surface area contributed by atoms with Gasteiger partial charge in [0.15, 0.2) is 15.0 Å². The van der Waals surface area contributed by atoms with Gasteiger partial charge in [-0.3, -0.25) is 4.79 Å². The van der Waals surface area contributed by atoms with Crippen molar-refractivity contribution in [1.29, 1.82) is 0 Å². The summed E-state index contributed by atoms with van der Waals surface area (Å²) in [5.41, 5.74) is 0.0241. The fraction of sp³-hybridized carbons (Fsp3) is 0.556. The van der Waals surface area contributed by atoms with Crippen LogP contribution in [0.3, 0.4) is 0 Å². The van der Waals surface area contributed by atoms with Gasteiger partial charge in [-0.25, -0.2) is 8.42 Å². The number of rotatable bonds is 3. The molecule has 2 aliphatic heterocycles. The number of carbonyl (C=O) groups is 1. The number of fused-ring (bicyclic) bond motifs is 1. The molecular formula is C18H24N2O5S2. The molecule has 0 saturated carbocycles. The topological polar surface area (TPSA) is 85.3 Å². The Balaban J connectivity index is 2.12. The Morgan fingerprint density at radius 1 is 1.22 bits per heavy atom. The molecule has 1 aromatic rings. The first-order chi connectivity index (χ1) is 12.6. The van der Waals surface area contributed by atoms with Crippen LogP contribution >= 0.6 is 11.8 Å². The monoisotopic (exact) mass is 412 g/mol. The molecule has 1 amide bonds. The van der Waals surface area contributed by atoms with Crippen molar-refractivity contribution < 1.29 is 22.7 Å². The summed E-state index contributed by atoms with van der Waals surface area (Å²) in [5, 5.41) is 0.337. The Hall–Kier alpha value is -1.74. The zero-order chi connectivity index (χ0) is 20.0. The quantitative estimate of drug-likeness (QED) is 0.753. The van der Waals surface area contributed by atoms with Crippen LogP contribution in [0.1, 0.15) is 20.8 Å². The number of hydrogen-bond acceptors (Lipinski definition) is 6. The van der Waals surface area contributed by atoms with E-state index in [-0.39, 0.29) is 28.7 Å². The third-order valence-corrected chi connectivity index (χ3v) is 7.76. The summed E-state index contributed by atoms with van der Waals surface area (Å²) in [7, 11) is -0.0256. The van der Waals surface area contributed by atoms with Crippen LogP contribution < -0.4 is 14.4 Å². The molecule has 2 aliphatic rings. The molecule has 2 heterocycles. The van der Waals surface area contributed by atoms with E-state index in [0.717, 1.165) is 0 Å². The highest BCUT2D eigenvalue weighted by molar-refractivity contribution is 8.16. The van der Waals surface area contributed by atoms with Crippen LogP contribution in [0.2, 0.25) is 0 Å². The molecule has 27 heavy (non-hydrogen) atoms. The molecule has 0 aromatic heterocycles. The van der Waals surface area contributed by atoms with Crippen molar-refractivity contribution in [3.05, 3.63) is 18.2 Å². The normalized spacial score (nSPS) is 25.5. The number of ether oxygens (including phenoxy) is 2. The first-order valence-corrected chi connectivity index (χ1v) is 11.3. The van der Waals surface area contributed by atoms with Gasteiger partial charge in [-0.05, 0) is 12.1 Å². The lowest BCUT2D eigenvalue weighted by atomic mass is 9.96. The van der Waals surface area contributed by atoms with Gasteiger partial charge in [-0.1, -0.05) is 32.5 Å². The van der Waals surface area contributed by atoms with E-state index >= 15 is 0 Å². The first kappa shape index (κ1) is 20.0. The predicted molar refractivity (Wildman–Crippen MR) is 108 cm³/mol. The molecule has 0 bridgehead atoms. The molecule has 0 N–H and O–H groups in total. The van der Waals surface area contributed by atoms with E-state index in [1.54, 1.807) is 53.2 Å². The SMILES string of the molecule is COc1ccc(OC)c(N2C(=NC(=O)C(C)(C)C)SC3CS(=O)(=O)CC32)c1. The largest absolute Gasteiger partial charge is 0.497 e. The van der Waals surface area contributed by atoms with Gasteiger partial charge in [0.05, 0.1) is 37.5 Å². The number of nitrogens with zero attached hydrogens (tertiary/aromatic N) is 2. The van der Waals surface area contributed by atoms with Crippen molar-refractivity contribution in [3.8, 4) is 11.5 Å². The standard InChI is InChI=1S/C18H24N2O5S2/c1-18(2,3)16(21)19-17-20(13-9-27(22,23)10-15(13)26-17)12-8-11(24-4)6-7-14(12)25-5/h6-8,13,15H,9-10H2,1-5H3. The fourth-order valence-electron chi connectivity index (χ4n) is 3.09. The number of sulfone groups is 1. The molecule has 0 radical (unpaired) electrons. The number of carbonyl (C=O) groups excluding carboxylic acids is 1. The van der Waals surface area contributed by atoms with E-state index in [2.05, 4.69) is 4.99 Å². The smallest absolute Gasteiger partial charge is 0.253 e. The van der Waals surface area contributed by atoms with E-state index in [1.165, 1.54) is 11.8 Å². The molecule has 2 saturated heterocycles. The molecule has 2 fully saturated rings. The minimum Gasteiger partial charge on any atom is -0.497 e. The number of anilines is 1. The Kier molecular flexibility index (Phi) is 5.20. The van der Waals surface area contributed by atoms with Gasteiger partial charge in [0, 0.05) is 16.7 Å². The average Bonchev–Trinajstić information content (AvgIpc) is 3.04. The molecule has 0 aliphatic carbocycles. The highest BCUT2D eigenvalue weighted by atomic mass is 32.2. The summed E-state index contributed by atoms with van der Waals surface area (Å²) in [6.07, 6.45) is 0. The summed E-state index contributed by atoms with van der Waals surface area (Å²) in [4.78, 5) is 18.7. The molecule has 0 spiro atoms. The summed E-state index contributed by atoms with van der Waals surface area (Å²) in [6.45, 7) is 5.42. The zero-order valence-electron chi connectivity index (χ0n) is 16.1. The van der Waals surface area contributed by atoms with Crippen LogP contribution in [0, 0.1) is 5.41 Å². The molecule has 9 heteroatoms. The number of aliphatic imine (C=N–C) groups is 1. The van der Waals surface area contributed by atoms with E-state index in [4.69, 9.17) is 9.47 Å². The minimum atomic E-state index is -3.14. The molecule has 2 unspecified atom stereocenters. The second kappa shape index (κ2) is 7.01. The van der Waals surface area contributed by atoms with E-state index in [0.29, 0.717) is 22.4 Å². The van der Waals surface area contributed by atoms with Crippen molar-refractivity contribution >= 4 is 38.4 Å².